The van der Waals surface area contributed by atoms with E-state index in [4.69, 9.17) is 11.6 Å². The molecule has 0 saturated carbocycles. The lowest BCUT2D eigenvalue weighted by atomic mass is 10.1. The van der Waals surface area contributed by atoms with Crippen molar-refractivity contribution >= 4 is 34.7 Å². The minimum Gasteiger partial charge on any atom is -0.339 e. The number of halogens is 1. The zero-order valence-electron chi connectivity index (χ0n) is 14.7. The summed E-state index contributed by atoms with van der Waals surface area (Å²) in [4.78, 5) is 31.6. The second kappa shape index (κ2) is 7.40. The highest BCUT2D eigenvalue weighted by atomic mass is 35.5. The van der Waals surface area contributed by atoms with E-state index in [0.717, 1.165) is 38.0 Å². The molecule has 4 rings (SSSR count). The number of imidazole rings is 1. The predicted octanol–water partition coefficient (Wildman–Crippen LogP) is 3.87. The summed E-state index contributed by atoms with van der Waals surface area (Å²) in [7, 11) is 0. The molecule has 1 aromatic carbocycles. The van der Waals surface area contributed by atoms with E-state index < -0.39 is 0 Å². The van der Waals surface area contributed by atoms with Crippen molar-refractivity contribution in [3.8, 4) is 0 Å². The molecule has 138 valence electrons. The summed E-state index contributed by atoms with van der Waals surface area (Å²) in [6.07, 6.45) is 8.30. The van der Waals surface area contributed by atoms with Crippen molar-refractivity contribution in [2.45, 2.75) is 19.3 Å². The van der Waals surface area contributed by atoms with Crippen molar-refractivity contribution in [2.75, 3.05) is 18.4 Å². The van der Waals surface area contributed by atoms with Gasteiger partial charge in [-0.05, 0) is 49.6 Å². The fourth-order valence-corrected chi connectivity index (χ4v) is 3.49. The first-order valence-electron chi connectivity index (χ1n) is 8.95. The van der Waals surface area contributed by atoms with Crippen molar-refractivity contribution in [2.24, 2.45) is 0 Å². The Morgan fingerprint density at radius 1 is 1.07 bits per heavy atom. The van der Waals surface area contributed by atoms with Gasteiger partial charge in [-0.25, -0.2) is 4.98 Å². The quantitative estimate of drug-likeness (QED) is 0.747. The molecule has 2 aromatic heterocycles. The van der Waals surface area contributed by atoms with Crippen molar-refractivity contribution in [3.05, 3.63) is 65.1 Å². The molecule has 0 radical (unpaired) electrons. The second-order valence-electron chi connectivity index (χ2n) is 6.61. The molecule has 0 spiro atoms. The van der Waals surface area contributed by atoms with Crippen LogP contribution in [0.2, 0.25) is 5.02 Å². The zero-order chi connectivity index (χ0) is 18.8. The third-order valence-corrected chi connectivity index (χ3v) is 4.99. The lowest BCUT2D eigenvalue weighted by Crippen LogP contribution is -2.36. The number of pyridine rings is 1. The van der Waals surface area contributed by atoms with Crippen molar-refractivity contribution in [1.29, 1.82) is 0 Å². The maximum atomic E-state index is 12.9. The molecule has 3 heterocycles. The summed E-state index contributed by atoms with van der Waals surface area (Å²) in [5, 5.41) is 3.30. The van der Waals surface area contributed by atoms with Crippen LogP contribution in [0.1, 0.15) is 40.0 Å². The Hall–Kier alpha value is -2.86. The second-order valence-corrected chi connectivity index (χ2v) is 7.04. The molecule has 1 aliphatic heterocycles. The molecule has 27 heavy (non-hydrogen) atoms. The number of nitrogens with one attached hydrogen (secondary N) is 1. The van der Waals surface area contributed by atoms with Crippen LogP contribution in [0.25, 0.3) is 5.65 Å². The largest absolute Gasteiger partial charge is 0.339 e. The van der Waals surface area contributed by atoms with Gasteiger partial charge in [0.25, 0.3) is 11.8 Å². The number of nitrogens with zero attached hydrogens (tertiary/aromatic N) is 3. The maximum Gasteiger partial charge on any atom is 0.257 e. The Morgan fingerprint density at radius 3 is 2.70 bits per heavy atom. The number of benzene rings is 1. The molecule has 1 fully saturated rings. The SMILES string of the molecule is O=C(Nc1cc(Cl)ccc1C(=O)N1CCCCC1)c1ccc2nccn2c1. The van der Waals surface area contributed by atoms with E-state index in [1.54, 1.807) is 53.3 Å². The van der Waals surface area contributed by atoms with E-state index in [1.807, 2.05) is 4.90 Å². The van der Waals surface area contributed by atoms with Crippen molar-refractivity contribution < 1.29 is 9.59 Å². The molecule has 0 bridgehead atoms. The van der Waals surface area contributed by atoms with E-state index in [2.05, 4.69) is 10.3 Å². The van der Waals surface area contributed by atoms with E-state index in [9.17, 15) is 9.59 Å². The lowest BCUT2D eigenvalue weighted by molar-refractivity contribution is 0.0725. The van der Waals surface area contributed by atoms with Crippen LogP contribution >= 0.6 is 11.6 Å². The smallest absolute Gasteiger partial charge is 0.257 e. The van der Waals surface area contributed by atoms with Gasteiger partial charge in [0.1, 0.15) is 5.65 Å². The van der Waals surface area contributed by atoms with E-state index in [-0.39, 0.29) is 11.8 Å². The fraction of sp³-hybridized carbons (Fsp3) is 0.250. The molecule has 1 N–H and O–H groups in total. The molecule has 0 unspecified atom stereocenters. The first kappa shape index (κ1) is 17.5. The Kier molecular flexibility index (Phi) is 4.81. The summed E-state index contributed by atoms with van der Waals surface area (Å²) >= 11 is 6.11. The van der Waals surface area contributed by atoms with E-state index in [0.29, 0.717) is 21.8 Å². The highest BCUT2D eigenvalue weighted by molar-refractivity contribution is 6.31. The van der Waals surface area contributed by atoms with Gasteiger partial charge in [0.05, 0.1) is 16.8 Å². The highest BCUT2D eigenvalue weighted by Crippen LogP contribution is 2.24. The number of fused-ring (bicyclic) bond motifs is 1. The van der Waals surface area contributed by atoms with Crippen molar-refractivity contribution in [3.63, 3.8) is 0 Å². The number of piperidine rings is 1. The summed E-state index contributed by atoms with van der Waals surface area (Å²) in [5.74, 6) is -0.382. The Labute approximate surface area is 161 Å². The molecular weight excluding hydrogens is 364 g/mol. The Balaban J connectivity index is 1.61. The summed E-state index contributed by atoms with van der Waals surface area (Å²) in [6, 6.07) is 8.44. The molecule has 0 aliphatic carbocycles. The van der Waals surface area contributed by atoms with Crippen LogP contribution in [0.15, 0.2) is 48.9 Å². The van der Waals surface area contributed by atoms with Gasteiger partial charge in [0.15, 0.2) is 0 Å². The van der Waals surface area contributed by atoms with Crippen LogP contribution in [0.4, 0.5) is 5.69 Å². The van der Waals surface area contributed by atoms with Gasteiger partial charge < -0.3 is 14.6 Å². The molecule has 1 aliphatic rings. The van der Waals surface area contributed by atoms with Crippen LogP contribution in [-0.2, 0) is 0 Å². The highest BCUT2D eigenvalue weighted by Gasteiger charge is 2.22. The monoisotopic (exact) mass is 382 g/mol. The topological polar surface area (TPSA) is 66.7 Å². The zero-order valence-corrected chi connectivity index (χ0v) is 15.4. The van der Waals surface area contributed by atoms with Gasteiger partial charge >= 0.3 is 0 Å². The predicted molar refractivity (Wildman–Crippen MR) is 104 cm³/mol. The molecule has 2 amide bonds. The number of carbonyl (C=O) groups excluding carboxylic acids is 2. The number of rotatable bonds is 3. The van der Waals surface area contributed by atoms with E-state index >= 15 is 0 Å². The number of carbonyl (C=O) groups is 2. The van der Waals surface area contributed by atoms with Crippen LogP contribution in [-0.4, -0.2) is 39.2 Å². The summed E-state index contributed by atoms with van der Waals surface area (Å²) < 4.78 is 1.77. The van der Waals surface area contributed by atoms with Gasteiger partial charge in [-0.2, -0.15) is 0 Å². The summed E-state index contributed by atoms with van der Waals surface area (Å²) in [5.41, 5.74) is 2.11. The first-order valence-corrected chi connectivity index (χ1v) is 9.32. The van der Waals surface area contributed by atoms with Gasteiger partial charge in [-0.15, -0.1) is 0 Å². The molecule has 0 atom stereocenters. The number of hydrogen-bond acceptors (Lipinski definition) is 3. The molecule has 1 saturated heterocycles. The lowest BCUT2D eigenvalue weighted by Gasteiger charge is -2.27. The van der Waals surface area contributed by atoms with Crippen LogP contribution in [0, 0.1) is 0 Å². The van der Waals surface area contributed by atoms with Gasteiger partial charge in [0, 0.05) is 36.7 Å². The van der Waals surface area contributed by atoms with Crippen LogP contribution in [0.3, 0.4) is 0 Å². The van der Waals surface area contributed by atoms with Gasteiger partial charge in [-0.3, -0.25) is 9.59 Å². The van der Waals surface area contributed by atoms with Crippen LogP contribution < -0.4 is 5.32 Å². The number of aromatic nitrogens is 2. The minimum absolute atomic E-state index is 0.0771. The number of amides is 2. The Bertz CT molecular complexity index is 1010. The Morgan fingerprint density at radius 2 is 1.89 bits per heavy atom. The number of hydrogen-bond donors (Lipinski definition) is 1. The standard InChI is InChI=1S/C20H19ClN4O2/c21-15-5-6-16(20(27)24-9-2-1-3-10-24)17(12-15)23-19(26)14-4-7-18-22-8-11-25(18)13-14/h4-8,11-13H,1-3,9-10H2,(H,23,26). The first-order chi connectivity index (χ1) is 13.1. The molecule has 6 nitrogen and oxygen atoms in total. The van der Waals surface area contributed by atoms with Crippen LogP contribution in [0.5, 0.6) is 0 Å². The molecule has 7 heteroatoms. The summed E-state index contributed by atoms with van der Waals surface area (Å²) in [6.45, 7) is 1.48. The van der Waals surface area contributed by atoms with Gasteiger partial charge in [0.2, 0.25) is 0 Å². The van der Waals surface area contributed by atoms with Gasteiger partial charge in [-0.1, -0.05) is 11.6 Å². The fourth-order valence-electron chi connectivity index (χ4n) is 3.32. The normalized spacial score (nSPS) is 14.3. The molecule has 3 aromatic rings. The number of anilines is 1. The average molecular weight is 383 g/mol. The average Bonchev–Trinajstić information content (AvgIpc) is 3.16. The number of likely N-dealkylation sites (tertiary alicyclic amines) is 1. The third kappa shape index (κ3) is 3.66. The van der Waals surface area contributed by atoms with Crippen molar-refractivity contribution in [1.82, 2.24) is 14.3 Å². The van der Waals surface area contributed by atoms with E-state index in [1.165, 1.54) is 0 Å². The third-order valence-electron chi connectivity index (χ3n) is 4.75. The maximum absolute atomic E-state index is 12.9. The minimum atomic E-state index is -0.305. The molecular formula is C20H19ClN4O2.